The van der Waals surface area contributed by atoms with Crippen LogP contribution in [0.2, 0.25) is 0 Å². The van der Waals surface area contributed by atoms with Crippen LogP contribution in [0.25, 0.3) is 0 Å². The number of allylic oxidation sites excluding steroid dienone is 1. The SMILES string of the molecule is C=CCc1ccccc1OC/C(CNC(C)C)=N/O. The molecular formula is C15H22N2O2. The Kier molecular flexibility index (Phi) is 6.68. The smallest absolute Gasteiger partial charge is 0.131 e. The van der Waals surface area contributed by atoms with Crippen LogP contribution in [0.5, 0.6) is 5.75 Å². The molecule has 4 nitrogen and oxygen atoms in total. The Labute approximate surface area is 114 Å². The van der Waals surface area contributed by atoms with E-state index in [1.165, 1.54) is 0 Å². The molecule has 0 aliphatic carbocycles. The highest BCUT2D eigenvalue weighted by atomic mass is 16.5. The summed E-state index contributed by atoms with van der Waals surface area (Å²) in [4.78, 5) is 0. The number of hydrogen-bond donors (Lipinski definition) is 2. The first-order valence-corrected chi connectivity index (χ1v) is 6.42. The highest BCUT2D eigenvalue weighted by molar-refractivity contribution is 5.87. The van der Waals surface area contributed by atoms with Crippen LogP contribution in [-0.4, -0.2) is 30.1 Å². The summed E-state index contributed by atoms with van der Waals surface area (Å²) in [6.07, 6.45) is 2.59. The van der Waals surface area contributed by atoms with Gasteiger partial charge in [-0.15, -0.1) is 6.58 Å². The van der Waals surface area contributed by atoms with Crippen LogP contribution in [0, 0.1) is 0 Å². The Morgan fingerprint density at radius 1 is 1.47 bits per heavy atom. The number of benzene rings is 1. The number of para-hydroxylation sites is 1. The lowest BCUT2D eigenvalue weighted by atomic mass is 10.1. The van der Waals surface area contributed by atoms with Crippen molar-refractivity contribution in [3.05, 3.63) is 42.5 Å². The van der Waals surface area contributed by atoms with E-state index in [0.717, 1.165) is 17.7 Å². The Balaban J connectivity index is 2.57. The molecule has 0 spiro atoms. The number of rotatable bonds is 8. The zero-order chi connectivity index (χ0) is 14.1. The number of nitrogens with zero attached hydrogens (tertiary/aromatic N) is 1. The predicted octanol–water partition coefficient (Wildman–Crippen LogP) is 2.62. The molecule has 0 aliphatic rings. The maximum Gasteiger partial charge on any atom is 0.131 e. The van der Waals surface area contributed by atoms with Gasteiger partial charge in [0.15, 0.2) is 0 Å². The number of ether oxygens (including phenoxy) is 1. The first-order chi connectivity index (χ1) is 9.17. The summed E-state index contributed by atoms with van der Waals surface area (Å²) in [7, 11) is 0. The zero-order valence-corrected chi connectivity index (χ0v) is 11.6. The molecule has 0 aliphatic heterocycles. The zero-order valence-electron chi connectivity index (χ0n) is 11.6. The van der Waals surface area contributed by atoms with Crippen molar-refractivity contribution in [2.24, 2.45) is 5.16 Å². The van der Waals surface area contributed by atoms with E-state index in [9.17, 15) is 0 Å². The molecule has 104 valence electrons. The van der Waals surface area contributed by atoms with E-state index in [4.69, 9.17) is 9.94 Å². The molecule has 0 heterocycles. The average molecular weight is 262 g/mol. The largest absolute Gasteiger partial charge is 0.487 e. The maximum absolute atomic E-state index is 8.94. The van der Waals surface area contributed by atoms with Gasteiger partial charge in [-0.3, -0.25) is 0 Å². The highest BCUT2D eigenvalue weighted by Gasteiger charge is 2.06. The second-order valence-electron chi connectivity index (χ2n) is 4.59. The molecule has 0 atom stereocenters. The van der Waals surface area contributed by atoms with Gasteiger partial charge in [-0.05, 0) is 18.1 Å². The standard InChI is InChI=1S/C15H22N2O2/c1-4-7-13-8-5-6-9-15(13)19-11-14(17-18)10-16-12(2)3/h4-6,8-9,12,16,18H,1,7,10-11H2,2-3H3/b17-14+. The molecule has 4 heteroatoms. The molecule has 0 bridgehead atoms. The molecule has 1 rings (SSSR count). The van der Waals surface area contributed by atoms with Crippen molar-refractivity contribution in [1.82, 2.24) is 5.32 Å². The lowest BCUT2D eigenvalue weighted by Gasteiger charge is -2.12. The normalized spacial score (nSPS) is 11.6. The van der Waals surface area contributed by atoms with E-state index in [1.54, 1.807) is 0 Å². The molecule has 1 aromatic carbocycles. The van der Waals surface area contributed by atoms with E-state index in [1.807, 2.05) is 44.2 Å². The molecule has 0 aromatic heterocycles. The van der Waals surface area contributed by atoms with E-state index < -0.39 is 0 Å². The predicted molar refractivity (Wildman–Crippen MR) is 78.2 cm³/mol. The van der Waals surface area contributed by atoms with Crippen LogP contribution in [-0.2, 0) is 6.42 Å². The minimum atomic E-state index is 0.268. The molecule has 0 saturated heterocycles. The summed E-state index contributed by atoms with van der Waals surface area (Å²) in [5.74, 6) is 0.799. The average Bonchev–Trinajstić information content (AvgIpc) is 2.40. The van der Waals surface area contributed by atoms with Crippen LogP contribution in [0.15, 0.2) is 42.1 Å². The molecule has 0 amide bonds. The maximum atomic E-state index is 8.94. The highest BCUT2D eigenvalue weighted by Crippen LogP contribution is 2.18. The lowest BCUT2D eigenvalue weighted by molar-refractivity contribution is 0.304. The van der Waals surface area contributed by atoms with E-state index in [2.05, 4.69) is 17.1 Å². The summed E-state index contributed by atoms with van der Waals surface area (Å²) in [6, 6.07) is 8.13. The third-order valence-corrected chi connectivity index (χ3v) is 2.59. The molecule has 0 fully saturated rings. The van der Waals surface area contributed by atoms with Crippen LogP contribution >= 0.6 is 0 Å². The van der Waals surface area contributed by atoms with Gasteiger partial charge in [0.2, 0.25) is 0 Å². The second-order valence-corrected chi connectivity index (χ2v) is 4.59. The number of hydrogen-bond acceptors (Lipinski definition) is 4. The summed E-state index contributed by atoms with van der Waals surface area (Å²) >= 11 is 0. The van der Waals surface area contributed by atoms with Crippen LogP contribution in [0.4, 0.5) is 0 Å². The third-order valence-electron chi connectivity index (χ3n) is 2.59. The first-order valence-electron chi connectivity index (χ1n) is 6.42. The lowest BCUT2D eigenvalue weighted by Crippen LogP contribution is -2.32. The van der Waals surface area contributed by atoms with Crippen molar-refractivity contribution < 1.29 is 9.94 Å². The number of nitrogens with one attached hydrogen (secondary N) is 1. The van der Waals surface area contributed by atoms with Gasteiger partial charge in [-0.1, -0.05) is 43.3 Å². The molecule has 19 heavy (non-hydrogen) atoms. The van der Waals surface area contributed by atoms with Gasteiger partial charge in [0.1, 0.15) is 18.1 Å². The van der Waals surface area contributed by atoms with Crippen molar-refractivity contribution in [2.45, 2.75) is 26.3 Å². The van der Waals surface area contributed by atoms with Crippen molar-refractivity contribution in [1.29, 1.82) is 0 Å². The molecule has 2 N–H and O–H groups in total. The second kappa shape index (κ2) is 8.32. The fourth-order valence-corrected chi connectivity index (χ4v) is 1.57. The third kappa shape index (κ3) is 5.57. The first kappa shape index (κ1) is 15.2. The summed E-state index contributed by atoms with van der Waals surface area (Å²) in [5, 5.41) is 15.4. The van der Waals surface area contributed by atoms with Crippen molar-refractivity contribution in [3.63, 3.8) is 0 Å². The minimum absolute atomic E-state index is 0.268. The Morgan fingerprint density at radius 2 is 2.21 bits per heavy atom. The van der Waals surface area contributed by atoms with Gasteiger partial charge in [0, 0.05) is 12.6 Å². The van der Waals surface area contributed by atoms with Gasteiger partial charge in [0.05, 0.1) is 0 Å². The summed E-state index contributed by atoms with van der Waals surface area (Å²) in [5.41, 5.74) is 1.65. The monoisotopic (exact) mass is 262 g/mol. The van der Waals surface area contributed by atoms with Gasteiger partial charge >= 0.3 is 0 Å². The molecular weight excluding hydrogens is 240 g/mol. The van der Waals surface area contributed by atoms with Crippen LogP contribution < -0.4 is 10.1 Å². The van der Waals surface area contributed by atoms with Gasteiger partial charge in [0.25, 0.3) is 0 Å². The van der Waals surface area contributed by atoms with Crippen molar-refractivity contribution in [2.75, 3.05) is 13.2 Å². The van der Waals surface area contributed by atoms with Crippen LogP contribution in [0.3, 0.4) is 0 Å². The van der Waals surface area contributed by atoms with E-state index in [-0.39, 0.29) is 6.61 Å². The van der Waals surface area contributed by atoms with Crippen molar-refractivity contribution in [3.8, 4) is 5.75 Å². The molecule has 0 unspecified atom stereocenters. The Hall–Kier alpha value is -1.81. The quantitative estimate of drug-likeness (QED) is 0.328. The van der Waals surface area contributed by atoms with Gasteiger partial charge in [-0.2, -0.15) is 0 Å². The Morgan fingerprint density at radius 3 is 2.84 bits per heavy atom. The van der Waals surface area contributed by atoms with Gasteiger partial charge in [-0.25, -0.2) is 0 Å². The van der Waals surface area contributed by atoms with Gasteiger partial charge < -0.3 is 15.3 Å². The van der Waals surface area contributed by atoms with E-state index >= 15 is 0 Å². The van der Waals surface area contributed by atoms with Crippen LogP contribution in [0.1, 0.15) is 19.4 Å². The minimum Gasteiger partial charge on any atom is -0.487 e. The van der Waals surface area contributed by atoms with Crippen molar-refractivity contribution >= 4 is 5.71 Å². The molecule has 1 aromatic rings. The summed E-state index contributed by atoms with van der Waals surface area (Å²) in [6.45, 7) is 8.58. The topological polar surface area (TPSA) is 53.8 Å². The fraction of sp³-hybridized carbons (Fsp3) is 0.400. The molecule has 0 saturated carbocycles. The fourth-order valence-electron chi connectivity index (χ4n) is 1.57. The summed E-state index contributed by atoms with van der Waals surface area (Å²) < 4.78 is 5.70. The Bertz CT molecular complexity index is 428. The molecule has 0 radical (unpaired) electrons. The van der Waals surface area contributed by atoms with E-state index in [0.29, 0.717) is 18.3 Å². The number of oxime groups is 1.